The molecule has 1 aromatic heterocycles. The zero-order valence-electron chi connectivity index (χ0n) is 16.1. The second-order valence-electron chi connectivity index (χ2n) is 7.13. The number of piperidine rings is 1. The zero-order valence-corrected chi connectivity index (χ0v) is 16.1. The maximum absolute atomic E-state index is 12.4. The molecule has 0 N–H and O–H groups in total. The molecule has 6 heteroatoms. The van der Waals surface area contributed by atoms with E-state index in [2.05, 4.69) is 10.1 Å². The molecule has 0 radical (unpaired) electrons. The monoisotopic (exact) mass is 377 g/mol. The van der Waals surface area contributed by atoms with Crippen LogP contribution in [0.3, 0.4) is 0 Å². The van der Waals surface area contributed by atoms with Gasteiger partial charge in [0.1, 0.15) is 5.75 Å². The van der Waals surface area contributed by atoms with Crippen molar-refractivity contribution in [3.8, 4) is 17.1 Å². The van der Waals surface area contributed by atoms with Gasteiger partial charge in [-0.05, 0) is 36.6 Å². The first-order valence-corrected chi connectivity index (χ1v) is 9.44. The van der Waals surface area contributed by atoms with Crippen LogP contribution >= 0.6 is 0 Å². The van der Waals surface area contributed by atoms with Gasteiger partial charge in [-0.1, -0.05) is 41.6 Å². The normalized spacial score (nSPS) is 17.0. The number of carbonyl (C=O) groups is 1. The molecule has 3 aromatic rings. The Kier molecular flexibility index (Phi) is 5.10. The first kappa shape index (κ1) is 18.2. The minimum Gasteiger partial charge on any atom is -0.497 e. The third-order valence-corrected chi connectivity index (χ3v) is 5.18. The molecule has 6 nitrogen and oxygen atoms in total. The molecule has 4 rings (SSSR count). The fraction of sp³-hybridized carbons (Fsp3) is 0.318. The van der Waals surface area contributed by atoms with Gasteiger partial charge in [0.2, 0.25) is 17.6 Å². The molecule has 2 heterocycles. The number of hydrogen-bond acceptors (Lipinski definition) is 5. The van der Waals surface area contributed by atoms with Crippen molar-refractivity contribution in [1.82, 2.24) is 15.0 Å². The topological polar surface area (TPSA) is 68.5 Å². The van der Waals surface area contributed by atoms with Crippen LogP contribution in [0.1, 0.15) is 35.8 Å². The Morgan fingerprint density at radius 2 is 2.07 bits per heavy atom. The molecular formula is C22H23N3O3. The number of nitrogens with zero attached hydrogens (tertiary/aromatic N) is 3. The molecule has 0 saturated carbocycles. The van der Waals surface area contributed by atoms with Gasteiger partial charge in [-0.2, -0.15) is 4.98 Å². The maximum Gasteiger partial charge on any atom is 0.231 e. The van der Waals surface area contributed by atoms with Gasteiger partial charge in [0.05, 0.1) is 13.0 Å². The second-order valence-corrected chi connectivity index (χ2v) is 7.13. The van der Waals surface area contributed by atoms with Crippen LogP contribution in [-0.2, 0) is 11.3 Å². The smallest absolute Gasteiger partial charge is 0.231 e. The van der Waals surface area contributed by atoms with Gasteiger partial charge < -0.3 is 14.2 Å². The summed E-state index contributed by atoms with van der Waals surface area (Å²) in [7, 11) is 1.64. The zero-order chi connectivity index (χ0) is 19.5. The fourth-order valence-electron chi connectivity index (χ4n) is 3.59. The average Bonchev–Trinajstić information content (AvgIpc) is 3.20. The molecule has 1 amide bonds. The standard InChI is InChI=1S/C22H23N3O3/c1-15-6-3-4-9-19(15)21-23-22(28-24-21)17-10-11-20(26)25(14-17)13-16-7-5-8-18(12-16)27-2/h3-9,12,17H,10-11,13-14H2,1-2H3/t17-/m1/s1. The van der Waals surface area contributed by atoms with E-state index < -0.39 is 0 Å². The summed E-state index contributed by atoms with van der Waals surface area (Å²) < 4.78 is 10.8. The van der Waals surface area contributed by atoms with Crippen LogP contribution in [0.4, 0.5) is 0 Å². The summed E-state index contributed by atoms with van der Waals surface area (Å²) in [4.78, 5) is 18.9. The number of benzene rings is 2. The van der Waals surface area contributed by atoms with Crippen LogP contribution in [0, 0.1) is 6.92 Å². The first-order chi connectivity index (χ1) is 13.6. The minimum atomic E-state index is 0.0496. The van der Waals surface area contributed by atoms with Gasteiger partial charge >= 0.3 is 0 Å². The van der Waals surface area contributed by atoms with Crippen molar-refractivity contribution in [2.24, 2.45) is 0 Å². The van der Waals surface area contributed by atoms with Gasteiger partial charge in [0.15, 0.2) is 0 Å². The SMILES string of the molecule is COc1cccc(CN2C[C@H](c3nc(-c4ccccc4C)no3)CCC2=O)c1. The Bertz CT molecular complexity index is 982. The number of aryl methyl sites for hydroxylation is 1. The van der Waals surface area contributed by atoms with Gasteiger partial charge in [0.25, 0.3) is 0 Å². The summed E-state index contributed by atoms with van der Waals surface area (Å²) in [5.41, 5.74) is 3.12. The third-order valence-electron chi connectivity index (χ3n) is 5.18. The molecule has 1 atom stereocenters. The Morgan fingerprint density at radius 3 is 2.89 bits per heavy atom. The van der Waals surface area contributed by atoms with Crippen LogP contribution in [0.5, 0.6) is 5.75 Å². The quantitative estimate of drug-likeness (QED) is 0.673. The van der Waals surface area contributed by atoms with E-state index >= 15 is 0 Å². The Labute approximate surface area is 164 Å². The molecular weight excluding hydrogens is 354 g/mol. The Balaban J connectivity index is 1.50. The summed E-state index contributed by atoms with van der Waals surface area (Å²) >= 11 is 0. The number of rotatable bonds is 5. The Hall–Kier alpha value is -3.15. The first-order valence-electron chi connectivity index (χ1n) is 9.44. The number of likely N-dealkylation sites (tertiary alicyclic amines) is 1. The average molecular weight is 377 g/mol. The van der Waals surface area contributed by atoms with E-state index in [1.807, 2.05) is 60.4 Å². The van der Waals surface area contributed by atoms with Crippen molar-refractivity contribution in [2.75, 3.05) is 13.7 Å². The largest absolute Gasteiger partial charge is 0.497 e. The van der Waals surface area contributed by atoms with Crippen LogP contribution < -0.4 is 4.74 Å². The van der Waals surface area contributed by atoms with Crippen molar-refractivity contribution in [2.45, 2.75) is 32.2 Å². The molecule has 0 aliphatic carbocycles. The predicted octanol–water partition coefficient (Wildman–Crippen LogP) is 3.96. The summed E-state index contributed by atoms with van der Waals surface area (Å²) in [6.45, 7) is 3.15. The molecule has 1 aliphatic rings. The molecule has 28 heavy (non-hydrogen) atoms. The Morgan fingerprint density at radius 1 is 1.21 bits per heavy atom. The van der Waals surface area contributed by atoms with Crippen molar-refractivity contribution >= 4 is 5.91 Å². The highest BCUT2D eigenvalue weighted by atomic mass is 16.5. The van der Waals surface area contributed by atoms with E-state index in [-0.39, 0.29) is 11.8 Å². The lowest BCUT2D eigenvalue weighted by molar-refractivity contribution is -0.134. The lowest BCUT2D eigenvalue weighted by Gasteiger charge is -2.31. The van der Waals surface area contributed by atoms with E-state index in [0.717, 1.165) is 28.9 Å². The van der Waals surface area contributed by atoms with Crippen molar-refractivity contribution in [3.63, 3.8) is 0 Å². The van der Waals surface area contributed by atoms with Gasteiger partial charge in [-0.15, -0.1) is 0 Å². The predicted molar refractivity (Wildman–Crippen MR) is 105 cm³/mol. The van der Waals surface area contributed by atoms with Crippen molar-refractivity contribution in [1.29, 1.82) is 0 Å². The summed E-state index contributed by atoms with van der Waals surface area (Å²) in [6.07, 6.45) is 1.21. The van der Waals surface area contributed by atoms with Gasteiger partial charge in [-0.3, -0.25) is 4.79 Å². The number of amides is 1. The van der Waals surface area contributed by atoms with E-state index in [4.69, 9.17) is 9.26 Å². The highest BCUT2D eigenvalue weighted by Gasteiger charge is 2.30. The van der Waals surface area contributed by atoms with Crippen LogP contribution in [0.25, 0.3) is 11.4 Å². The molecule has 1 saturated heterocycles. The highest BCUT2D eigenvalue weighted by Crippen LogP contribution is 2.30. The molecule has 2 aromatic carbocycles. The number of carbonyl (C=O) groups excluding carboxylic acids is 1. The summed E-state index contributed by atoms with van der Waals surface area (Å²) in [5, 5.41) is 4.17. The van der Waals surface area contributed by atoms with Crippen molar-refractivity contribution < 1.29 is 14.1 Å². The molecule has 0 bridgehead atoms. The minimum absolute atomic E-state index is 0.0496. The molecule has 1 aliphatic heterocycles. The van der Waals surface area contributed by atoms with E-state index in [0.29, 0.717) is 31.2 Å². The van der Waals surface area contributed by atoms with Crippen molar-refractivity contribution in [3.05, 3.63) is 65.5 Å². The lowest BCUT2D eigenvalue weighted by atomic mass is 9.97. The highest BCUT2D eigenvalue weighted by molar-refractivity contribution is 5.77. The number of methoxy groups -OCH3 is 1. The molecule has 0 unspecified atom stereocenters. The summed E-state index contributed by atoms with van der Waals surface area (Å²) in [5.74, 6) is 2.19. The van der Waals surface area contributed by atoms with E-state index in [1.165, 1.54) is 0 Å². The van der Waals surface area contributed by atoms with Gasteiger partial charge in [0, 0.05) is 25.1 Å². The molecule has 0 spiro atoms. The van der Waals surface area contributed by atoms with E-state index in [9.17, 15) is 4.79 Å². The van der Waals surface area contributed by atoms with Gasteiger partial charge in [-0.25, -0.2) is 0 Å². The number of ether oxygens (including phenoxy) is 1. The number of aromatic nitrogens is 2. The van der Waals surface area contributed by atoms with Crippen LogP contribution in [0.15, 0.2) is 53.1 Å². The van der Waals surface area contributed by atoms with Crippen LogP contribution in [0.2, 0.25) is 0 Å². The third kappa shape index (κ3) is 3.76. The molecule has 144 valence electrons. The fourth-order valence-corrected chi connectivity index (χ4v) is 3.59. The van der Waals surface area contributed by atoms with Crippen LogP contribution in [-0.4, -0.2) is 34.6 Å². The lowest BCUT2D eigenvalue weighted by Crippen LogP contribution is -2.38. The van der Waals surface area contributed by atoms with E-state index in [1.54, 1.807) is 7.11 Å². The molecule has 1 fully saturated rings. The number of hydrogen-bond donors (Lipinski definition) is 0. The maximum atomic E-state index is 12.4. The summed E-state index contributed by atoms with van der Waals surface area (Å²) in [6, 6.07) is 15.8. The second kappa shape index (κ2) is 7.84.